The molecule has 1 N–H and O–H groups in total. The van der Waals surface area contributed by atoms with Crippen LogP contribution in [0.15, 0.2) is 15.9 Å². The Bertz CT molecular complexity index is 609. The van der Waals surface area contributed by atoms with E-state index in [-0.39, 0.29) is 17.7 Å². The highest BCUT2D eigenvalue weighted by atomic mass is 79.9. The van der Waals surface area contributed by atoms with Gasteiger partial charge >= 0.3 is 0 Å². The number of halogens is 1. The van der Waals surface area contributed by atoms with Crippen molar-refractivity contribution < 1.29 is 9.59 Å². The molecule has 0 radical (unpaired) electrons. The fourth-order valence-electron chi connectivity index (χ4n) is 2.90. The van der Waals surface area contributed by atoms with E-state index in [1.807, 2.05) is 32.2 Å². The molecule has 1 unspecified atom stereocenters. The minimum atomic E-state index is -0.818. The summed E-state index contributed by atoms with van der Waals surface area (Å²) < 4.78 is 1.01. The highest BCUT2D eigenvalue weighted by molar-refractivity contribution is 9.10. The van der Waals surface area contributed by atoms with Gasteiger partial charge in [0.2, 0.25) is 11.8 Å². The van der Waals surface area contributed by atoms with Crippen molar-refractivity contribution in [2.45, 2.75) is 51.2 Å². The zero-order valence-electron chi connectivity index (χ0n) is 12.4. The molecule has 4 nitrogen and oxygen atoms in total. The molecule has 1 atom stereocenters. The number of nitrogens with zero attached hydrogens (tertiary/aromatic N) is 1. The number of carbonyl (C=O) groups is 2. The average molecular weight is 371 g/mol. The number of rotatable bonds is 3. The summed E-state index contributed by atoms with van der Waals surface area (Å²) >= 11 is 5.03. The zero-order valence-corrected chi connectivity index (χ0v) is 14.8. The van der Waals surface area contributed by atoms with Crippen LogP contribution in [-0.4, -0.2) is 27.8 Å². The third-order valence-electron chi connectivity index (χ3n) is 4.62. The van der Waals surface area contributed by atoms with E-state index in [4.69, 9.17) is 0 Å². The predicted octanol–water partition coefficient (Wildman–Crippen LogP) is 2.92. The van der Waals surface area contributed by atoms with Gasteiger partial charge in [0.1, 0.15) is 11.1 Å². The Kier molecular flexibility index (Phi) is 3.44. The average Bonchev–Trinajstić information content (AvgIpc) is 3.18. The molecule has 1 saturated heterocycles. The summed E-state index contributed by atoms with van der Waals surface area (Å²) in [6.07, 6.45) is 2.03. The predicted molar refractivity (Wildman–Crippen MR) is 85.9 cm³/mol. The van der Waals surface area contributed by atoms with Crippen LogP contribution in [0.5, 0.6) is 0 Å². The number of hydrogen-bond donors (Lipinski definition) is 1. The molecule has 2 heterocycles. The maximum atomic E-state index is 13.0. The Balaban J connectivity index is 1.93. The first kappa shape index (κ1) is 15.0. The van der Waals surface area contributed by atoms with Crippen molar-refractivity contribution >= 4 is 39.1 Å². The van der Waals surface area contributed by atoms with Crippen LogP contribution < -0.4 is 5.32 Å². The van der Waals surface area contributed by atoms with Crippen LogP contribution in [0.25, 0.3) is 0 Å². The third kappa shape index (κ3) is 2.42. The highest BCUT2D eigenvalue weighted by Gasteiger charge is 2.57. The summed E-state index contributed by atoms with van der Waals surface area (Å²) in [5.74, 6) is 0.258. The number of nitrogens with one attached hydrogen (secondary N) is 1. The maximum Gasteiger partial charge on any atom is 0.249 e. The number of hydrogen-bond acceptors (Lipinski definition) is 3. The van der Waals surface area contributed by atoms with Gasteiger partial charge in [0, 0.05) is 14.7 Å². The standard InChI is InChI=1S/C15H19BrN2O2S/c1-14(2)12(19)17-15(3,9-4-5-9)13(20)18(14)7-11-6-10(16)8-21-11/h6,8-9H,4-5,7H2,1-3H3,(H,17,19). The second kappa shape index (κ2) is 4.81. The summed E-state index contributed by atoms with van der Waals surface area (Å²) in [4.78, 5) is 28.3. The Morgan fingerprint density at radius 3 is 2.57 bits per heavy atom. The van der Waals surface area contributed by atoms with Crippen molar-refractivity contribution in [3.05, 3.63) is 20.8 Å². The summed E-state index contributed by atoms with van der Waals surface area (Å²) in [5.41, 5.74) is -1.55. The number of thiophene rings is 1. The van der Waals surface area contributed by atoms with Crippen LogP contribution in [0.2, 0.25) is 0 Å². The first-order valence-electron chi connectivity index (χ1n) is 7.13. The second-order valence-corrected chi connectivity index (χ2v) is 8.52. The highest BCUT2D eigenvalue weighted by Crippen LogP contribution is 2.44. The first-order valence-corrected chi connectivity index (χ1v) is 8.80. The normalized spacial score (nSPS) is 28.7. The van der Waals surface area contributed by atoms with Gasteiger partial charge < -0.3 is 10.2 Å². The van der Waals surface area contributed by atoms with E-state index < -0.39 is 11.1 Å². The molecule has 21 heavy (non-hydrogen) atoms. The fraction of sp³-hybridized carbons (Fsp3) is 0.600. The fourth-order valence-corrected chi connectivity index (χ4v) is 4.34. The van der Waals surface area contributed by atoms with E-state index in [0.29, 0.717) is 6.54 Å². The van der Waals surface area contributed by atoms with E-state index in [9.17, 15) is 9.59 Å². The van der Waals surface area contributed by atoms with Gasteiger partial charge in [-0.25, -0.2) is 0 Å². The molecule has 2 fully saturated rings. The van der Waals surface area contributed by atoms with Gasteiger partial charge in [0.05, 0.1) is 6.54 Å². The lowest BCUT2D eigenvalue weighted by molar-refractivity contribution is -0.162. The van der Waals surface area contributed by atoms with Crippen molar-refractivity contribution in [3.63, 3.8) is 0 Å². The molecule has 6 heteroatoms. The van der Waals surface area contributed by atoms with E-state index in [0.717, 1.165) is 22.2 Å². The minimum Gasteiger partial charge on any atom is -0.340 e. The Morgan fingerprint density at radius 2 is 2.05 bits per heavy atom. The maximum absolute atomic E-state index is 13.0. The Labute approximate surface area is 137 Å². The molecule has 0 aromatic carbocycles. The number of amides is 2. The minimum absolute atomic E-state index is 0.0409. The molecule has 2 amide bonds. The lowest BCUT2D eigenvalue weighted by atomic mass is 9.85. The van der Waals surface area contributed by atoms with Crippen LogP contribution in [0.3, 0.4) is 0 Å². The molecular formula is C15H19BrN2O2S. The third-order valence-corrected chi connectivity index (χ3v) is 6.31. The van der Waals surface area contributed by atoms with Crippen molar-refractivity contribution in [2.75, 3.05) is 0 Å². The van der Waals surface area contributed by atoms with Crippen LogP contribution in [0.4, 0.5) is 0 Å². The van der Waals surface area contributed by atoms with Crippen LogP contribution >= 0.6 is 27.3 Å². The molecular weight excluding hydrogens is 352 g/mol. The van der Waals surface area contributed by atoms with E-state index in [1.165, 1.54) is 0 Å². The SMILES string of the molecule is CC1(C2CC2)NC(=O)C(C)(C)N(Cc2cc(Br)cs2)C1=O. The van der Waals surface area contributed by atoms with Gasteiger partial charge in [-0.1, -0.05) is 0 Å². The monoisotopic (exact) mass is 370 g/mol. The summed E-state index contributed by atoms with van der Waals surface area (Å²) in [6, 6.07) is 2.01. The van der Waals surface area contributed by atoms with Gasteiger partial charge in [0.15, 0.2) is 0 Å². The molecule has 1 saturated carbocycles. The molecule has 1 aliphatic heterocycles. The largest absolute Gasteiger partial charge is 0.340 e. The van der Waals surface area contributed by atoms with Crippen molar-refractivity contribution in [1.29, 1.82) is 0 Å². The van der Waals surface area contributed by atoms with Crippen molar-refractivity contribution in [3.8, 4) is 0 Å². The van der Waals surface area contributed by atoms with Crippen molar-refractivity contribution in [2.24, 2.45) is 5.92 Å². The molecule has 3 rings (SSSR count). The van der Waals surface area contributed by atoms with E-state index in [2.05, 4.69) is 21.2 Å². The summed E-state index contributed by atoms with van der Waals surface area (Å²) in [6.45, 7) is 5.99. The zero-order chi connectivity index (χ0) is 15.4. The molecule has 1 aromatic heterocycles. The second-order valence-electron chi connectivity index (χ2n) is 6.61. The molecule has 2 aliphatic rings. The smallest absolute Gasteiger partial charge is 0.249 e. The Morgan fingerprint density at radius 1 is 1.38 bits per heavy atom. The lowest BCUT2D eigenvalue weighted by Crippen LogP contribution is -2.73. The number of piperazine rings is 1. The van der Waals surface area contributed by atoms with Crippen LogP contribution in [-0.2, 0) is 16.1 Å². The first-order chi connectivity index (χ1) is 9.75. The molecule has 0 bridgehead atoms. The van der Waals surface area contributed by atoms with Crippen LogP contribution in [0.1, 0.15) is 38.5 Å². The summed E-state index contributed by atoms with van der Waals surface area (Å²) in [5, 5.41) is 4.98. The van der Waals surface area contributed by atoms with Crippen LogP contribution in [0, 0.1) is 5.92 Å². The van der Waals surface area contributed by atoms with Gasteiger partial charge in [-0.05, 0) is 61.5 Å². The van der Waals surface area contributed by atoms with Gasteiger partial charge in [-0.2, -0.15) is 0 Å². The molecule has 1 aromatic rings. The van der Waals surface area contributed by atoms with E-state index in [1.54, 1.807) is 16.2 Å². The number of carbonyl (C=O) groups excluding carboxylic acids is 2. The molecule has 114 valence electrons. The van der Waals surface area contributed by atoms with E-state index >= 15 is 0 Å². The topological polar surface area (TPSA) is 49.4 Å². The van der Waals surface area contributed by atoms with Gasteiger partial charge in [-0.15, -0.1) is 11.3 Å². The van der Waals surface area contributed by atoms with Crippen molar-refractivity contribution in [1.82, 2.24) is 10.2 Å². The Hall–Kier alpha value is -0.880. The lowest BCUT2D eigenvalue weighted by Gasteiger charge is -2.48. The van der Waals surface area contributed by atoms with Gasteiger partial charge in [0.25, 0.3) is 0 Å². The molecule has 0 spiro atoms. The summed E-state index contributed by atoms with van der Waals surface area (Å²) in [7, 11) is 0. The quantitative estimate of drug-likeness (QED) is 0.888. The van der Waals surface area contributed by atoms with Gasteiger partial charge in [-0.3, -0.25) is 9.59 Å². The molecule has 1 aliphatic carbocycles.